The van der Waals surface area contributed by atoms with Crippen LogP contribution in [-0.4, -0.2) is 44.8 Å². The summed E-state index contributed by atoms with van der Waals surface area (Å²) in [5, 5.41) is 13.5. The number of carbonyl (C=O) groups excluding carboxylic acids is 1. The van der Waals surface area contributed by atoms with Gasteiger partial charge in [0.25, 0.3) is 0 Å². The van der Waals surface area contributed by atoms with E-state index in [1.807, 2.05) is 18.2 Å². The van der Waals surface area contributed by atoms with E-state index in [4.69, 9.17) is 9.15 Å². The van der Waals surface area contributed by atoms with Crippen LogP contribution >= 0.6 is 0 Å². The summed E-state index contributed by atoms with van der Waals surface area (Å²) < 4.78 is 38.8. The van der Waals surface area contributed by atoms with Crippen molar-refractivity contribution in [3.63, 3.8) is 0 Å². The van der Waals surface area contributed by atoms with Gasteiger partial charge in [-0.05, 0) is 49.9 Å². The first-order chi connectivity index (χ1) is 16.3. The van der Waals surface area contributed by atoms with Gasteiger partial charge in [0.1, 0.15) is 17.2 Å². The number of ether oxygens (including phenoxy) is 1. The van der Waals surface area contributed by atoms with Crippen LogP contribution in [0.5, 0.6) is 0 Å². The Morgan fingerprint density at radius 1 is 1.03 bits per heavy atom. The van der Waals surface area contributed by atoms with Crippen LogP contribution in [0.2, 0.25) is 0 Å². The van der Waals surface area contributed by atoms with Crippen LogP contribution in [-0.2, 0) is 19.6 Å². The number of rotatable bonds is 13. The summed E-state index contributed by atoms with van der Waals surface area (Å²) in [6.07, 6.45) is 3.31. The van der Waals surface area contributed by atoms with Gasteiger partial charge >= 0.3 is 12.1 Å². The average molecular weight is 491 g/mol. The van der Waals surface area contributed by atoms with Crippen LogP contribution < -0.4 is 10.0 Å². The third kappa shape index (κ3) is 6.71. The number of amides is 1. The lowest BCUT2D eigenvalue weighted by Crippen LogP contribution is -2.40. The summed E-state index contributed by atoms with van der Waals surface area (Å²) in [6.45, 7) is 2.74. The molecule has 0 aliphatic heterocycles. The number of hydrogen-bond acceptors (Lipinski definition) is 6. The van der Waals surface area contributed by atoms with Crippen molar-refractivity contribution in [2.75, 3.05) is 13.2 Å². The quantitative estimate of drug-likeness (QED) is 0.302. The maximum absolute atomic E-state index is 12.9. The number of benzene rings is 2. The Morgan fingerprint density at radius 2 is 1.79 bits per heavy atom. The molecule has 0 saturated carbocycles. The summed E-state index contributed by atoms with van der Waals surface area (Å²) in [5.41, 5.74) is 1.19. The molecule has 0 saturated heterocycles. The van der Waals surface area contributed by atoms with Crippen molar-refractivity contribution in [1.82, 2.24) is 10.0 Å². The largest absolute Gasteiger partial charge is 0.480 e. The molecule has 0 radical (unpaired) electrons. The van der Waals surface area contributed by atoms with Gasteiger partial charge in [-0.2, -0.15) is 4.72 Å². The minimum atomic E-state index is -4.08. The Bertz CT molecular complexity index is 1240. The maximum Gasteiger partial charge on any atom is 0.407 e. The first-order valence-corrected chi connectivity index (χ1v) is 12.9. The monoisotopic (exact) mass is 490 g/mol. The topological polar surface area (TPSA) is 135 Å². The number of hydrogen-bond donors (Lipinski definition) is 3. The van der Waals surface area contributed by atoms with Gasteiger partial charge in [0, 0.05) is 17.3 Å². The lowest BCUT2D eigenvalue weighted by Gasteiger charge is -2.15. The van der Waals surface area contributed by atoms with Gasteiger partial charge in [0.05, 0.1) is 11.5 Å². The lowest BCUT2D eigenvalue weighted by molar-refractivity contribution is -0.139. The molecule has 1 atom stereocenters. The molecule has 0 aliphatic rings. The molecule has 1 amide bonds. The Balaban J connectivity index is 1.55. The summed E-state index contributed by atoms with van der Waals surface area (Å²) >= 11 is 0. The summed E-state index contributed by atoms with van der Waals surface area (Å²) in [7, 11) is -4.08. The van der Waals surface area contributed by atoms with Crippen molar-refractivity contribution in [2.24, 2.45) is 0 Å². The highest BCUT2D eigenvalue weighted by Gasteiger charge is 2.25. The van der Waals surface area contributed by atoms with Crippen LogP contribution in [0.25, 0.3) is 21.9 Å². The number of fused-ring (bicyclic) bond motifs is 3. The van der Waals surface area contributed by atoms with E-state index in [9.17, 15) is 23.1 Å². The van der Waals surface area contributed by atoms with Gasteiger partial charge in [-0.1, -0.05) is 38.0 Å². The van der Waals surface area contributed by atoms with Gasteiger partial charge in [-0.15, -0.1) is 0 Å². The predicted octanol–water partition coefficient (Wildman–Crippen LogP) is 4.40. The third-order valence-electron chi connectivity index (χ3n) is 5.42. The van der Waals surface area contributed by atoms with E-state index in [1.54, 1.807) is 12.1 Å². The average Bonchev–Trinajstić information content (AvgIpc) is 3.18. The number of furan rings is 1. The molecular formula is C24H30N2O7S. The van der Waals surface area contributed by atoms with Crippen molar-refractivity contribution < 1.29 is 32.3 Å². The van der Waals surface area contributed by atoms with Crippen molar-refractivity contribution in [1.29, 1.82) is 0 Å². The maximum atomic E-state index is 12.9. The number of para-hydroxylation sites is 1. The lowest BCUT2D eigenvalue weighted by atomic mass is 10.1. The minimum Gasteiger partial charge on any atom is -0.480 e. The zero-order valence-corrected chi connectivity index (χ0v) is 19.9. The smallest absolute Gasteiger partial charge is 0.407 e. The SMILES string of the molecule is CCCCCOC(=O)NCCCCC(NS(=O)(=O)c1ccc2oc3ccccc3c2c1)C(=O)O. The molecule has 0 fully saturated rings. The zero-order valence-electron chi connectivity index (χ0n) is 19.1. The summed E-state index contributed by atoms with van der Waals surface area (Å²) in [4.78, 5) is 23.2. The molecule has 1 aromatic heterocycles. The standard InChI is InChI=1S/C24H30N2O7S/c1-2-3-8-15-32-24(29)25-14-7-6-10-20(23(27)28)26-34(30,31)17-12-13-22-19(16-17)18-9-4-5-11-21(18)33-22/h4-5,9,11-13,16,20,26H,2-3,6-8,10,14-15H2,1H3,(H,25,29)(H,27,28). The normalized spacial score (nSPS) is 12.6. The first kappa shape index (κ1) is 25.5. The zero-order chi connectivity index (χ0) is 24.6. The van der Waals surface area contributed by atoms with Gasteiger partial charge in [0.2, 0.25) is 10.0 Å². The number of sulfonamides is 1. The van der Waals surface area contributed by atoms with Crippen LogP contribution in [0.15, 0.2) is 51.8 Å². The molecule has 184 valence electrons. The molecule has 3 rings (SSSR count). The second-order valence-corrected chi connectivity index (χ2v) is 9.75. The molecule has 0 bridgehead atoms. The Hall–Kier alpha value is -3.11. The number of nitrogens with one attached hydrogen (secondary N) is 2. The highest BCUT2D eigenvalue weighted by Crippen LogP contribution is 2.30. The Kier molecular flexibility index (Phi) is 8.89. The van der Waals surface area contributed by atoms with Crippen LogP contribution in [0.1, 0.15) is 45.4 Å². The second-order valence-electron chi connectivity index (χ2n) is 8.03. The van der Waals surface area contributed by atoms with Crippen molar-refractivity contribution >= 4 is 44.0 Å². The summed E-state index contributed by atoms with van der Waals surface area (Å²) in [5.74, 6) is -1.26. The number of carboxylic acids is 1. The molecule has 0 spiro atoms. The van der Waals surface area contributed by atoms with Crippen molar-refractivity contribution in [3.8, 4) is 0 Å². The molecule has 0 aliphatic carbocycles. The number of aliphatic carboxylic acids is 1. The van der Waals surface area contributed by atoms with Gasteiger partial charge in [-0.25, -0.2) is 13.2 Å². The van der Waals surface area contributed by atoms with Crippen molar-refractivity contribution in [3.05, 3.63) is 42.5 Å². The molecule has 1 unspecified atom stereocenters. The van der Waals surface area contributed by atoms with Crippen LogP contribution in [0.3, 0.4) is 0 Å². The molecule has 3 N–H and O–H groups in total. The van der Waals surface area contributed by atoms with Gasteiger partial charge in [-0.3, -0.25) is 4.79 Å². The third-order valence-corrected chi connectivity index (χ3v) is 6.89. The molecule has 1 heterocycles. The van der Waals surface area contributed by atoms with E-state index in [-0.39, 0.29) is 11.3 Å². The first-order valence-electron chi connectivity index (χ1n) is 11.4. The molecule has 3 aromatic rings. The number of carbonyl (C=O) groups is 2. The highest BCUT2D eigenvalue weighted by molar-refractivity contribution is 7.89. The predicted molar refractivity (Wildman–Crippen MR) is 128 cm³/mol. The fourth-order valence-electron chi connectivity index (χ4n) is 3.59. The van der Waals surface area contributed by atoms with Crippen LogP contribution in [0, 0.1) is 0 Å². The van der Waals surface area contributed by atoms with E-state index < -0.39 is 28.1 Å². The van der Waals surface area contributed by atoms with Gasteiger partial charge in [0.15, 0.2) is 0 Å². The van der Waals surface area contributed by atoms with E-state index >= 15 is 0 Å². The van der Waals surface area contributed by atoms with Crippen LogP contribution in [0.4, 0.5) is 4.79 Å². The van der Waals surface area contributed by atoms with E-state index in [0.29, 0.717) is 42.5 Å². The van der Waals surface area contributed by atoms with Crippen molar-refractivity contribution in [2.45, 2.75) is 56.4 Å². The Morgan fingerprint density at radius 3 is 2.56 bits per heavy atom. The Labute approximate surface area is 198 Å². The second kappa shape index (κ2) is 11.8. The molecule has 9 nitrogen and oxygen atoms in total. The summed E-state index contributed by atoms with van der Waals surface area (Å²) in [6, 6.07) is 10.4. The number of carboxylic acid groups (broad SMARTS) is 1. The number of unbranched alkanes of at least 4 members (excludes halogenated alkanes) is 3. The molecule has 34 heavy (non-hydrogen) atoms. The van der Waals surface area contributed by atoms with E-state index in [1.165, 1.54) is 12.1 Å². The van der Waals surface area contributed by atoms with E-state index in [2.05, 4.69) is 17.0 Å². The number of alkyl carbamates (subject to hydrolysis) is 1. The fraction of sp³-hybridized carbons (Fsp3) is 0.417. The highest BCUT2D eigenvalue weighted by atomic mass is 32.2. The molecular weight excluding hydrogens is 460 g/mol. The fourth-order valence-corrected chi connectivity index (χ4v) is 4.84. The van der Waals surface area contributed by atoms with E-state index in [0.717, 1.165) is 24.6 Å². The molecule has 10 heteroatoms. The minimum absolute atomic E-state index is 0.0368. The molecule has 2 aromatic carbocycles. The van der Waals surface area contributed by atoms with Gasteiger partial charge < -0.3 is 19.6 Å².